The van der Waals surface area contributed by atoms with E-state index >= 15 is 0 Å². The fourth-order valence-corrected chi connectivity index (χ4v) is 2.52. The smallest absolute Gasteiger partial charge is 0.169 e. The van der Waals surface area contributed by atoms with Crippen LogP contribution in [-0.2, 0) is 11.3 Å². The number of methoxy groups -OCH3 is 2. The SMILES string of the molecule is COCC(Br)CN(C)Cc1cccc(OC)c1F. The Bertz CT molecular complexity index is 376. The highest BCUT2D eigenvalue weighted by Crippen LogP contribution is 2.21. The predicted molar refractivity (Wildman–Crippen MR) is 73.9 cm³/mol. The first-order valence-corrected chi connectivity index (χ1v) is 6.63. The van der Waals surface area contributed by atoms with Crippen molar-refractivity contribution in [1.29, 1.82) is 0 Å². The molecule has 1 rings (SSSR count). The lowest BCUT2D eigenvalue weighted by Gasteiger charge is -2.20. The van der Waals surface area contributed by atoms with E-state index in [1.807, 2.05) is 11.9 Å². The molecule has 0 fully saturated rings. The second kappa shape index (κ2) is 7.71. The van der Waals surface area contributed by atoms with E-state index in [-0.39, 0.29) is 16.4 Å². The third kappa shape index (κ3) is 4.55. The van der Waals surface area contributed by atoms with Crippen molar-refractivity contribution >= 4 is 15.9 Å². The lowest BCUT2D eigenvalue weighted by Crippen LogP contribution is -2.28. The summed E-state index contributed by atoms with van der Waals surface area (Å²) in [6, 6.07) is 5.19. The fraction of sp³-hybridized carbons (Fsp3) is 0.538. The molecule has 0 aliphatic rings. The molecule has 0 aliphatic carbocycles. The molecule has 0 spiro atoms. The van der Waals surface area contributed by atoms with Gasteiger partial charge in [-0.2, -0.15) is 0 Å². The van der Waals surface area contributed by atoms with Crippen LogP contribution in [0, 0.1) is 5.82 Å². The molecular formula is C13H19BrFNO2. The van der Waals surface area contributed by atoms with Gasteiger partial charge in [0.25, 0.3) is 0 Å². The van der Waals surface area contributed by atoms with Crippen molar-refractivity contribution in [2.45, 2.75) is 11.4 Å². The molecule has 1 unspecified atom stereocenters. The zero-order valence-corrected chi connectivity index (χ0v) is 12.5. The van der Waals surface area contributed by atoms with Crippen LogP contribution in [0.15, 0.2) is 18.2 Å². The van der Waals surface area contributed by atoms with Crippen molar-refractivity contribution in [3.8, 4) is 5.75 Å². The summed E-state index contributed by atoms with van der Waals surface area (Å²) in [5, 5.41) is 0. The summed E-state index contributed by atoms with van der Waals surface area (Å²) in [6.45, 7) is 1.95. The highest BCUT2D eigenvalue weighted by atomic mass is 79.9. The maximum atomic E-state index is 13.9. The Morgan fingerprint density at radius 2 is 2.11 bits per heavy atom. The Morgan fingerprint density at radius 1 is 1.39 bits per heavy atom. The third-order valence-corrected chi connectivity index (χ3v) is 3.11. The van der Waals surface area contributed by atoms with Crippen LogP contribution in [0.5, 0.6) is 5.75 Å². The van der Waals surface area contributed by atoms with E-state index in [0.29, 0.717) is 18.7 Å². The Balaban J connectivity index is 2.61. The van der Waals surface area contributed by atoms with Crippen LogP contribution < -0.4 is 4.74 Å². The van der Waals surface area contributed by atoms with E-state index in [1.54, 1.807) is 25.3 Å². The number of ether oxygens (including phenoxy) is 2. The van der Waals surface area contributed by atoms with Crippen LogP contribution in [-0.4, -0.2) is 44.1 Å². The molecule has 1 atom stereocenters. The number of halogens is 2. The molecule has 1 aromatic rings. The van der Waals surface area contributed by atoms with Gasteiger partial charge < -0.3 is 14.4 Å². The maximum Gasteiger partial charge on any atom is 0.169 e. The summed E-state index contributed by atoms with van der Waals surface area (Å²) >= 11 is 3.51. The Hall–Kier alpha value is -0.650. The highest BCUT2D eigenvalue weighted by molar-refractivity contribution is 9.09. The summed E-state index contributed by atoms with van der Waals surface area (Å²) in [4.78, 5) is 2.28. The molecule has 1 aromatic carbocycles. The van der Waals surface area contributed by atoms with E-state index < -0.39 is 0 Å². The lowest BCUT2D eigenvalue weighted by molar-refractivity contribution is 0.184. The molecule has 0 N–H and O–H groups in total. The van der Waals surface area contributed by atoms with Gasteiger partial charge >= 0.3 is 0 Å². The average molecular weight is 320 g/mol. The molecule has 0 aromatic heterocycles. The number of alkyl halides is 1. The van der Waals surface area contributed by atoms with Gasteiger partial charge in [0.2, 0.25) is 0 Å². The van der Waals surface area contributed by atoms with E-state index in [1.165, 1.54) is 7.11 Å². The predicted octanol–water partition coefficient (Wildman–Crippen LogP) is 2.68. The minimum Gasteiger partial charge on any atom is -0.494 e. The lowest BCUT2D eigenvalue weighted by atomic mass is 10.2. The minimum absolute atomic E-state index is 0.237. The summed E-state index contributed by atoms with van der Waals surface area (Å²) in [7, 11) is 5.08. The Kier molecular flexibility index (Phi) is 6.60. The van der Waals surface area contributed by atoms with Gasteiger partial charge in [-0.3, -0.25) is 0 Å². The van der Waals surface area contributed by atoms with Crippen molar-refractivity contribution in [3.05, 3.63) is 29.6 Å². The average Bonchev–Trinajstić information content (AvgIpc) is 2.32. The number of hydrogen-bond donors (Lipinski definition) is 0. The number of benzene rings is 1. The zero-order valence-electron chi connectivity index (χ0n) is 11.0. The van der Waals surface area contributed by atoms with Crippen LogP contribution in [0.25, 0.3) is 0 Å². The van der Waals surface area contributed by atoms with E-state index in [0.717, 1.165) is 6.54 Å². The molecule has 18 heavy (non-hydrogen) atoms. The van der Waals surface area contributed by atoms with Crippen molar-refractivity contribution < 1.29 is 13.9 Å². The molecular weight excluding hydrogens is 301 g/mol. The number of hydrogen-bond acceptors (Lipinski definition) is 3. The van der Waals surface area contributed by atoms with Gasteiger partial charge in [0.05, 0.1) is 18.5 Å². The quantitative estimate of drug-likeness (QED) is 0.721. The first-order valence-electron chi connectivity index (χ1n) is 5.71. The Labute approximate surface area is 116 Å². The molecule has 0 heterocycles. The van der Waals surface area contributed by atoms with Crippen LogP contribution in [0.2, 0.25) is 0 Å². The summed E-state index contributed by atoms with van der Waals surface area (Å²) in [5.74, 6) is -0.00195. The van der Waals surface area contributed by atoms with E-state index in [2.05, 4.69) is 15.9 Å². The van der Waals surface area contributed by atoms with Crippen molar-refractivity contribution in [3.63, 3.8) is 0 Å². The highest BCUT2D eigenvalue weighted by Gasteiger charge is 2.12. The largest absolute Gasteiger partial charge is 0.494 e. The van der Waals surface area contributed by atoms with Gasteiger partial charge in [-0.05, 0) is 13.1 Å². The normalized spacial score (nSPS) is 12.8. The molecule has 0 amide bonds. The van der Waals surface area contributed by atoms with Crippen molar-refractivity contribution in [1.82, 2.24) is 4.90 Å². The van der Waals surface area contributed by atoms with Gasteiger partial charge in [-0.1, -0.05) is 28.1 Å². The standard InChI is InChI=1S/C13H19BrFNO2/c1-16(8-11(14)9-17-2)7-10-5-4-6-12(18-3)13(10)15/h4-6,11H,7-9H2,1-3H3. The van der Waals surface area contributed by atoms with Crippen LogP contribution >= 0.6 is 15.9 Å². The summed E-state index contributed by atoms with van der Waals surface area (Å²) in [5.41, 5.74) is 0.633. The fourth-order valence-electron chi connectivity index (χ4n) is 1.76. The number of nitrogens with zero attached hydrogens (tertiary/aromatic N) is 1. The second-order valence-corrected chi connectivity index (χ2v) is 5.48. The molecule has 3 nitrogen and oxygen atoms in total. The summed E-state index contributed by atoms with van der Waals surface area (Å²) < 4.78 is 23.9. The molecule has 0 aliphatic heterocycles. The molecule has 0 radical (unpaired) electrons. The van der Waals surface area contributed by atoms with Gasteiger partial charge in [0.15, 0.2) is 11.6 Å². The van der Waals surface area contributed by atoms with Gasteiger partial charge in [0.1, 0.15) is 0 Å². The molecule has 0 bridgehead atoms. The van der Waals surface area contributed by atoms with Crippen molar-refractivity contribution in [2.24, 2.45) is 0 Å². The molecule has 5 heteroatoms. The van der Waals surface area contributed by atoms with Crippen LogP contribution in [0.1, 0.15) is 5.56 Å². The van der Waals surface area contributed by atoms with Crippen LogP contribution in [0.4, 0.5) is 4.39 Å². The number of rotatable bonds is 7. The van der Waals surface area contributed by atoms with Gasteiger partial charge in [0, 0.05) is 25.8 Å². The monoisotopic (exact) mass is 319 g/mol. The molecule has 102 valence electrons. The van der Waals surface area contributed by atoms with Crippen LogP contribution in [0.3, 0.4) is 0 Å². The van der Waals surface area contributed by atoms with Crippen molar-refractivity contribution in [2.75, 3.05) is 34.4 Å². The first-order chi connectivity index (χ1) is 8.58. The van der Waals surface area contributed by atoms with E-state index in [9.17, 15) is 4.39 Å². The molecule has 0 saturated carbocycles. The molecule has 0 saturated heterocycles. The zero-order chi connectivity index (χ0) is 13.5. The maximum absolute atomic E-state index is 13.9. The van der Waals surface area contributed by atoms with Gasteiger partial charge in [-0.15, -0.1) is 0 Å². The van der Waals surface area contributed by atoms with Gasteiger partial charge in [-0.25, -0.2) is 4.39 Å². The first kappa shape index (κ1) is 15.4. The van der Waals surface area contributed by atoms with E-state index in [4.69, 9.17) is 9.47 Å². The minimum atomic E-state index is -0.287. The Morgan fingerprint density at radius 3 is 2.72 bits per heavy atom. The topological polar surface area (TPSA) is 21.7 Å². The second-order valence-electron chi connectivity index (χ2n) is 4.18. The summed E-state index contributed by atoms with van der Waals surface area (Å²) in [6.07, 6.45) is 0. The third-order valence-electron chi connectivity index (χ3n) is 2.56.